The number of hydrogen-bond donors (Lipinski definition) is 1. The Labute approximate surface area is 148 Å². The van der Waals surface area contributed by atoms with E-state index in [0.29, 0.717) is 13.1 Å². The van der Waals surface area contributed by atoms with Crippen molar-refractivity contribution in [3.05, 3.63) is 30.1 Å². The Balaban J connectivity index is 1.38. The highest BCUT2D eigenvalue weighted by molar-refractivity contribution is 5.81. The number of aryl methyl sites for hydroxylation is 1. The van der Waals surface area contributed by atoms with Gasteiger partial charge in [0.2, 0.25) is 5.91 Å². The summed E-state index contributed by atoms with van der Waals surface area (Å²) in [5, 5.41) is 3.08. The molecule has 25 heavy (non-hydrogen) atoms. The SMILES string of the molecule is CCc1nc2ccccc2n1CC(=O)NCC1CCCC2(CCC2)O1. The van der Waals surface area contributed by atoms with Gasteiger partial charge in [-0.3, -0.25) is 4.79 Å². The van der Waals surface area contributed by atoms with Gasteiger partial charge in [-0.15, -0.1) is 0 Å². The maximum atomic E-state index is 12.5. The number of amides is 1. The van der Waals surface area contributed by atoms with Crippen LogP contribution in [0.1, 0.15) is 51.3 Å². The number of para-hydroxylation sites is 2. The second kappa shape index (κ2) is 6.79. The summed E-state index contributed by atoms with van der Waals surface area (Å²) in [4.78, 5) is 17.1. The first-order valence-electron chi connectivity index (χ1n) is 9.58. The number of benzene rings is 1. The summed E-state index contributed by atoms with van der Waals surface area (Å²) in [6.07, 6.45) is 8.11. The number of carbonyl (C=O) groups is 1. The van der Waals surface area contributed by atoms with Gasteiger partial charge in [-0.05, 0) is 50.7 Å². The highest BCUT2D eigenvalue weighted by Gasteiger charge is 2.42. The molecule has 5 nitrogen and oxygen atoms in total. The molecule has 1 aromatic heterocycles. The molecule has 1 saturated heterocycles. The number of ether oxygens (including phenoxy) is 1. The Morgan fingerprint density at radius 2 is 2.12 bits per heavy atom. The summed E-state index contributed by atoms with van der Waals surface area (Å²) < 4.78 is 8.30. The number of fused-ring (bicyclic) bond motifs is 1. The molecule has 2 fully saturated rings. The second-order valence-electron chi connectivity index (χ2n) is 7.43. The van der Waals surface area contributed by atoms with E-state index in [2.05, 4.69) is 17.2 Å². The van der Waals surface area contributed by atoms with E-state index < -0.39 is 0 Å². The molecule has 2 heterocycles. The van der Waals surface area contributed by atoms with Crippen LogP contribution in [0.2, 0.25) is 0 Å². The normalized spacial score (nSPS) is 22.0. The molecule has 0 bridgehead atoms. The van der Waals surface area contributed by atoms with Crippen molar-refractivity contribution in [1.29, 1.82) is 0 Å². The minimum absolute atomic E-state index is 0.0367. The zero-order valence-corrected chi connectivity index (χ0v) is 15.0. The highest BCUT2D eigenvalue weighted by atomic mass is 16.5. The van der Waals surface area contributed by atoms with Crippen molar-refractivity contribution in [2.75, 3.05) is 6.54 Å². The third-order valence-corrected chi connectivity index (χ3v) is 5.72. The first-order valence-corrected chi connectivity index (χ1v) is 9.58. The molecule has 1 saturated carbocycles. The largest absolute Gasteiger partial charge is 0.370 e. The van der Waals surface area contributed by atoms with Crippen LogP contribution >= 0.6 is 0 Å². The Hall–Kier alpha value is -1.88. The van der Waals surface area contributed by atoms with Crippen LogP contribution < -0.4 is 5.32 Å². The van der Waals surface area contributed by atoms with Crippen LogP contribution in [-0.4, -0.2) is 33.7 Å². The van der Waals surface area contributed by atoms with E-state index in [9.17, 15) is 4.79 Å². The first-order chi connectivity index (χ1) is 12.2. The molecule has 2 aromatic rings. The van der Waals surface area contributed by atoms with Crippen molar-refractivity contribution in [3.8, 4) is 0 Å². The standard InChI is InChI=1S/C20H27N3O2/c1-2-18-22-16-8-3-4-9-17(16)23(18)14-19(24)21-13-15-7-5-10-20(25-15)11-6-12-20/h3-4,8-9,15H,2,5-7,10-14H2,1H3,(H,21,24). The van der Waals surface area contributed by atoms with E-state index in [1.165, 1.54) is 32.1 Å². The summed E-state index contributed by atoms with van der Waals surface area (Å²) >= 11 is 0. The molecule has 1 aliphatic carbocycles. The molecule has 1 amide bonds. The fourth-order valence-corrected chi connectivity index (χ4v) is 4.20. The molecular formula is C20H27N3O2. The summed E-state index contributed by atoms with van der Waals surface area (Å²) in [6, 6.07) is 8.00. The third kappa shape index (κ3) is 3.30. The minimum atomic E-state index is 0.0367. The van der Waals surface area contributed by atoms with Gasteiger partial charge < -0.3 is 14.6 Å². The monoisotopic (exact) mass is 341 g/mol. The fraction of sp³-hybridized carbons (Fsp3) is 0.600. The molecule has 1 unspecified atom stereocenters. The quantitative estimate of drug-likeness (QED) is 0.908. The summed E-state index contributed by atoms with van der Waals surface area (Å²) in [6.45, 7) is 3.01. The predicted molar refractivity (Wildman–Crippen MR) is 97.4 cm³/mol. The molecular weight excluding hydrogens is 314 g/mol. The molecule has 2 aliphatic rings. The molecule has 5 heteroatoms. The zero-order valence-electron chi connectivity index (χ0n) is 15.0. The molecule has 134 valence electrons. The average Bonchev–Trinajstić information content (AvgIpc) is 2.97. The lowest BCUT2D eigenvalue weighted by Crippen LogP contribution is -2.49. The van der Waals surface area contributed by atoms with Gasteiger partial charge in [0.1, 0.15) is 12.4 Å². The summed E-state index contributed by atoms with van der Waals surface area (Å²) in [7, 11) is 0. The van der Waals surface area contributed by atoms with Crippen molar-refractivity contribution in [2.24, 2.45) is 0 Å². The number of nitrogens with one attached hydrogen (secondary N) is 1. The van der Waals surface area contributed by atoms with Crippen LogP contribution in [0.25, 0.3) is 11.0 Å². The molecule has 0 radical (unpaired) electrons. The van der Waals surface area contributed by atoms with Gasteiger partial charge in [0, 0.05) is 13.0 Å². The van der Waals surface area contributed by atoms with E-state index in [4.69, 9.17) is 4.74 Å². The van der Waals surface area contributed by atoms with Gasteiger partial charge in [-0.25, -0.2) is 4.98 Å². The molecule has 1 N–H and O–H groups in total. The van der Waals surface area contributed by atoms with Crippen LogP contribution in [-0.2, 0) is 22.5 Å². The second-order valence-corrected chi connectivity index (χ2v) is 7.43. The van der Waals surface area contributed by atoms with Crippen LogP contribution in [0.3, 0.4) is 0 Å². The highest BCUT2D eigenvalue weighted by Crippen LogP contribution is 2.43. The lowest BCUT2D eigenvalue weighted by Gasteiger charge is -2.47. The van der Waals surface area contributed by atoms with Gasteiger partial charge >= 0.3 is 0 Å². The van der Waals surface area contributed by atoms with Crippen LogP contribution in [0.15, 0.2) is 24.3 Å². The van der Waals surface area contributed by atoms with Gasteiger partial charge in [0.25, 0.3) is 0 Å². The number of nitrogens with zero attached hydrogens (tertiary/aromatic N) is 2. The third-order valence-electron chi connectivity index (χ3n) is 5.72. The number of imidazole rings is 1. The lowest BCUT2D eigenvalue weighted by atomic mass is 9.74. The molecule has 1 spiro atoms. The van der Waals surface area contributed by atoms with Crippen LogP contribution in [0.5, 0.6) is 0 Å². The summed E-state index contributed by atoms with van der Waals surface area (Å²) in [5.41, 5.74) is 2.12. The number of carbonyl (C=O) groups excluding carboxylic acids is 1. The van der Waals surface area contributed by atoms with Gasteiger partial charge in [-0.1, -0.05) is 19.1 Å². The van der Waals surface area contributed by atoms with E-state index in [0.717, 1.165) is 29.7 Å². The summed E-state index contributed by atoms with van der Waals surface area (Å²) in [5.74, 6) is 0.994. The van der Waals surface area contributed by atoms with E-state index in [1.54, 1.807) is 0 Å². The van der Waals surface area contributed by atoms with Crippen molar-refractivity contribution >= 4 is 16.9 Å². The predicted octanol–water partition coefficient (Wildman–Crippen LogP) is 3.21. The molecule has 1 atom stereocenters. The zero-order chi connectivity index (χ0) is 17.3. The Kier molecular flexibility index (Phi) is 4.50. The average molecular weight is 341 g/mol. The lowest BCUT2D eigenvalue weighted by molar-refractivity contribution is -0.168. The fourth-order valence-electron chi connectivity index (χ4n) is 4.20. The van der Waals surface area contributed by atoms with Crippen LogP contribution in [0, 0.1) is 0 Å². The van der Waals surface area contributed by atoms with Gasteiger partial charge in [0.15, 0.2) is 0 Å². The van der Waals surface area contributed by atoms with E-state index in [1.807, 2.05) is 28.8 Å². The minimum Gasteiger partial charge on any atom is -0.370 e. The van der Waals surface area contributed by atoms with Gasteiger partial charge in [0.05, 0.1) is 22.7 Å². The number of rotatable bonds is 5. The van der Waals surface area contributed by atoms with E-state index >= 15 is 0 Å². The van der Waals surface area contributed by atoms with Gasteiger partial charge in [-0.2, -0.15) is 0 Å². The molecule has 1 aromatic carbocycles. The maximum absolute atomic E-state index is 12.5. The topological polar surface area (TPSA) is 56.2 Å². The first kappa shape index (κ1) is 16.6. The van der Waals surface area contributed by atoms with Crippen LogP contribution in [0.4, 0.5) is 0 Å². The Bertz CT molecular complexity index is 763. The number of hydrogen-bond acceptors (Lipinski definition) is 3. The van der Waals surface area contributed by atoms with E-state index in [-0.39, 0.29) is 17.6 Å². The van der Waals surface area contributed by atoms with Crippen molar-refractivity contribution < 1.29 is 9.53 Å². The smallest absolute Gasteiger partial charge is 0.240 e. The Morgan fingerprint density at radius 1 is 1.32 bits per heavy atom. The number of aromatic nitrogens is 2. The Morgan fingerprint density at radius 3 is 2.88 bits per heavy atom. The van der Waals surface area contributed by atoms with Crippen molar-refractivity contribution in [1.82, 2.24) is 14.9 Å². The molecule has 4 rings (SSSR count). The van der Waals surface area contributed by atoms with Crippen molar-refractivity contribution in [2.45, 2.75) is 70.1 Å². The maximum Gasteiger partial charge on any atom is 0.240 e. The molecule has 1 aliphatic heterocycles. The van der Waals surface area contributed by atoms with Crippen molar-refractivity contribution in [3.63, 3.8) is 0 Å².